The van der Waals surface area contributed by atoms with Crippen molar-refractivity contribution in [2.45, 2.75) is 25.8 Å². The van der Waals surface area contributed by atoms with E-state index in [9.17, 15) is 0 Å². The Bertz CT molecular complexity index is 364. The second-order valence-electron chi connectivity index (χ2n) is 4.56. The van der Waals surface area contributed by atoms with Crippen LogP contribution in [0, 0.1) is 5.92 Å². The third kappa shape index (κ3) is 3.09. The van der Waals surface area contributed by atoms with Crippen LogP contribution in [0.5, 0.6) is 0 Å². The standard InChI is InChI=1S/C12H16Cl2N2/c1-16(7-9-3-2-4-9)8-11-10(13)5-6-12(14)15-11/h5-6,9H,2-4,7-8H2,1H3. The van der Waals surface area contributed by atoms with E-state index >= 15 is 0 Å². The topological polar surface area (TPSA) is 16.1 Å². The molecule has 1 aliphatic rings. The molecular formula is C12H16Cl2N2. The summed E-state index contributed by atoms with van der Waals surface area (Å²) < 4.78 is 0. The first kappa shape index (κ1) is 12.2. The average Bonchev–Trinajstić information content (AvgIpc) is 2.18. The van der Waals surface area contributed by atoms with Crippen molar-refractivity contribution in [3.05, 3.63) is 28.0 Å². The van der Waals surface area contributed by atoms with E-state index < -0.39 is 0 Å². The Hall–Kier alpha value is -0.310. The molecule has 2 rings (SSSR count). The van der Waals surface area contributed by atoms with E-state index in [0.29, 0.717) is 10.2 Å². The molecule has 88 valence electrons. The van der Waals surface area contributed by atoms with E-state index in [1.54, 1.807) is 6.07 Å². The van der Waals surface area contributed by atoms with Gasteiger partial charge in [0.1, 0.15) is 5.15 Å². The first-order chi connectivity index (χ1) is 7.65. The molecule has 1 aromatic heterocycles. The highest BCUT2D eigenvalue weighted by Crippen LogP contribution is 2.27. The fourth-order valence-corrected chi connectivity index (χ4v) is 2.33. The fraction of sp³-hybridized carbons (Fsp3) is 0.583. The van der Waals surface area contributed by atoms with Crippen LogP contribution in [0.2, 0.25) is 10.2 Å². The lowest BCUT2D eigenvalue weighted by Gasteiger charge is -2.30. The number of rotatable bonds is 4. The van der Waals surface area contributed by atoms with Crippen LogP contribution in [0.15, 0.2) is 12.1 Å². The molecule has 4 heteroatoms. The Morgan fingerprint density at radius 1 is 1.38 bits per heavy atom. The smallest absolute Gasteiger partial charge is 0.129 e. The normalized spacial score (nSPS) is 16.5. The summed E-state index contributed by atoms with van der Waals surface area (Å²) in [6.45, 7) is 1.90. The van der Waals surface area contributed by atoms with Gasteiger partial charge >= 0.3 is 0 Å². The van der Waals surface area contributed by atoms with Gasteiger partial charge in [-0.25, -0.2) is 4.98 Å². The van der Waals surface area contributed by atoms with E-state index in [4.69, 9.17) is 23.2 Å². The van der Waals surface area contributed by atoms with Crippen LogP contribution < -0.4 is 0 Å². The zero-order chi connectivity index (χ0) is 11.5. The summed E-state index contributed by atoms with van der Waals surface area (Å²) in [5.41, 5.74) is 0.871. The molecule has 1 aromatic rings. The molecule has 0 atom stereocenters. The molecule has 0 aromatic carbocycles. The van der Waals surface area contributed by atoms with Gasteiger partial charge in [-0.2, -0.15) is 0 Å². The zero-order valence-corrected chi connectivity index (χ0v) is 10.9. The van der Waals surface area contributed by atoms with Crippen LogP contribution in [0.25, 0.3) is 0 Å². The lowest BCUT2D eigenvalue weighted by Crippen LogP contribution is -2.29. The summed E-state index contributed by atoms with van der Waals surface area (Å²) in [6, 6.07) is 3.53. The number of aromatic nitrogens is 1. The number of halogens is 2. The van der Waals surface area contributed by atoms with Crippen molar-refractivity contribution in [2.75, 3.05) is 13.6 Å². The van der Waals surface area contributed by atoms with Gasteiger partial charge in [0, 0.05) is 13.1 Å². The number of hydrogen-bond donors (Lipinski definition) is 0. The Kier molecular flexibility index (Phi) is 4.06. The van der Waals surface area contributed by atoms with E-state index in [0.717, 1.165) is 24.7 Å². The summed E-state index contributed by atoms with van der Waals surface area (Å²) in [5, 5.41) is 1.21. The van der Waals surface area contributed by atoms with E-state index in [2.05, 4.69) is 16.9 Å². The van der Waals surface area contributed by atoms with E-state index in [1.807, 2.05) is 6.07 Å². The summed E-state index contributed by atoms with van der Waals surface area (Å²) in [6.07, 6.45) is 4.11. The van der Waals surface area contributed by atoms with Gasteiger partial charge < -0.3 is 4.90 Å². The molecule has 0 saturated heterocycles. The van der Waals surface area contributed by atoms with Crippen molar-refractivity contribution in [3.8, 4) is 0 Å². The van der Waals surface area contributed by atoms with Crippen LogP contribution >= 0.6 is 23.2 Å². The molecule has 1 saturated carbocycles. The molecular weight excluding hydrogens is 243 g/mol. The Balaban J connectivity index is 1.93. The zero-order valence-electron chi connectivity index (χ0n) is 9.42. The summed E-state index contributed by atoms with van der Waals surface area (Å²) in [4.78, 5) is 6.53. The van der Waals surface area contributed by atoms with Crippen LogP contribution in [-0.2, 0) is 6.54 Å². The van der Waals surface area contributed by atoms with Gasteiger partial charge in [0.15, 0.2) is 0 Å². The second kappa shape index (κ2) is 5.35. The van der Waals surface area contributed by atoms with Gasteiger partial charge in [-0.1, -0.05) is 29.6 Å². The fourth-order valence-electron chi connectivity index (χ4n) is 2.00. The summed E-state index contributed by atoms with van der Waals surface area (Å²) in [7, 11) is 2.11. The maximum absolute atomic E-state index is 6.08. The Morgan fingerprint density at radius 3 is 2.75 bits per heavy atom. The molecule has 0 bridgehead atoms. The van der Waals surface area contributed by atoms with Crippen molar-refractivity contribution >= 4 is 23.2 Å². The van der Waals surface area contributed by atoms with Gasteiger partial charge in [0.2, 0.25) is 0 Å². The summed E-state index contributed by atoms with van der Waals surface area (Å²) in [5.74, 6) is 0.864. The van der Waals surface area contributed by atoms with Crippen molar-refractivity contribution in [1.82, 2.24) is 9.88 Å². The highest BCUT2D eigenvalue weighted by Gasteiger charge is 2.19. The minimum absolute atomic E-state index is 0.511. The molecule has 1 fully saturated rings. The van der Waals surface area contributed by atoms with Gasteiger partial charge in [-0.05, 0) is 37.9 Å². The quantitative estimate of drug-likeness (QED) is 0.768. The number of pyridine rings is 1. The number of hydrogen-bond acceptors (Lipinski definition) is 2. The van der Waals surface area contributed by atoms with E-state index in [1.165, 1.54) is 19.3 Å². The Labute approximate surface area is 107 Å². The third-order valence-electron chi connectivity index (χ3n) is 3.10. The number of nitrogens with zero attached hydrogens (tertiary/aromatic N) is 2. The molecule has 2 nitrogen and oxygen atoms in total. The van der Waals surface area contributed by atoms with Crippen LogP contribution in [-0.4, -0.2) is 23.5 Å². The van der Waals surface area contributed by atoms with Crippen LogP contribution in [0.4, 0.5) is 0 Å². The first-order valence-electron chi connectivity index (χ1n) is 5.64. The second-order valence-corrected chi connectivity index (χ2v) is 5.35. The van der Waals surface area contributed by atoms with Gasteiger partial charge in [0.25, 0.3) is 0 Å². The lowest BCUT2D eigenvalue weighted by molar-refractivity contribution is 0.199. The van der Waals surface area contributed by atoms with Crippen LogP contribution in [0.1, 0.15) is 25.0 Å². The molecule has 0 radical (unpaired) electrons. The third-order valence-corrected chi connectivity index (χ3v) is 3.65. The largest absolute Gasteiger partial charge is 0.300 e. The van der Waals surface area contributed by atoms with Gasteiger partial charge in [0.05, 0.1) is 10.7 Å². The molecule has 16 heavy (non-hydrogen) atoms. The highest BCUT2D eigenvalue weighted by atomic mass is 35.5. The van der Waals surface area contributed by atoms with Gasteiger partial charge in [-0.3, -0.25) is 0 Å². The molecule has 0 N–H and O–H groups in total. The molecule has 0 unspecified atom stereocenters. The summed E-state index contributed by atoms with van der Waals surface area (Å²) >= 11 is 11.9. The molecule has 1 heterocycles. The lowest BCUT2D eigenvalue weighted by atomic mass is 9.85. The average molecular weight is 259 g/mol. The molecule has 0 aliphatic heterocycles. The first-order valence-corrected chi connectivity index (χ1v) is 6.40. The minimum Gasteiger partial charge on any atom is -0.300 e. The van der Waals surface area contributed by atoms with Crippen molar-refractivity contribution in [2.24, 2.45) is 5.92 Å². The molecule has 0 spiro atoms. The monoisotopic (exact) mass is 258 g/mol. The van der Waals surface area contributed by atoms with Crippen molar-refractivity contribution < 1.29 is 0 Å². The van der Waals surface area contributed by atoms with Crippen LogP contribution in [0.3, 0.4) is 0 Å². The van der Waals surface area contributed by atoms with Crippen molar-refractivity contribution in [1.29, 1.82) is 0 Å². The maximum atomic E-state index is 6.08. The SMILES string of the molecule is CN(Cc1nc(Cl)ccc1Cl)CC1CCC1. The highest BCUT2D eigenvalue weighted by molar-refractivity contribution is 6.32. The molecule has 1 aliphatic carbocycles. The predicted octanol–water partition coefficient (Wildman–Crippen LogP) is 3.62. The Morgan fingerprint density at radius 2 is 2.12 bits per heavy atom. The maximum Gasteiger partial charge on any atom is 0.129 e. The minimum atomic E-state index is 0.511. The van der Waals surface area contributed by atoms with Crippen molar-refractivity contribution in [3.63, 3.8) is 0 Å². The predicted molar refractivity (Wildman–Crippen MR) is 67.9 cm³/mol. The molecule has 0 amide bonds. The van der Waals surface area contributed by atoms with Gasteiger partial charge in [-0.15, -0.1) is 0 Å². The van der Waals surface area contributed by atoms with E-state index in [-0.39, 0.29) is 0 Å².